The Hall–Kier alpha value is -1.47. The molecule has 3 rings (SSSR count). The second kappa shape index (κ2) is 7.19. The minimum absolute atomic E-state index is 0.0649. The highest BCUT2D eigenvalue weighted by Gasteiger charge is 2.33. The Morgan fingerprint density at radius 1 is 1.17 bits per heavy atom. The zero-order chi connectivity index (χ0) is 17.2. The van der Waals surface area contributed by atoms with Crippen LogP contribution >= 0.6 is 0 Å². The maximum absolute atomic E-state index is 12.6. The first kappa shape index (κ1) is 17.4. The van der Waals surface area contributed by atoms with Crippen LogP contribution in [0.5, 0.6) is 5.75 Å². The molecule has 2 fully saturated rings. The Bertz CT molecular complexity index is 559. The number of carbonyl (C=O) groups is 1. The van der Waals surface area contributed by atoms with Gasteiger partial charge < -0.3 is 23.7 Å². The highest BCUT2D eigenvalue weighted by atomic mass is 16.7. The molecule has 0 spiro atoms. The fraction of sp³-hybridized carbons (Fsp3) is 0.611. The van der Waals surface area contributed by atoms with Gasteiger partial charge >= 0.3 is 0 Å². The Labute approximate surface area is 142 Å². The lowest BCUT2D eigenvalue weighted by Crippen LogP contribution is -2.36. The van der Waals surface area contributed by atoms with Crippen LogP contribution in [-0.2, 0) is 18.9 Å². The average molecular weight is 336 g/mol. The predicted molar refractivity (Wildman–Crippen MR) is 86.3 cm³/mol. The molecule has 0 bridgehead atoms. The topological polar surface area (TPSA) is 69.8 Å². The van der Waals surface area contributed by atoms with E-state index >= 15 is 0 Å². The number of benzene rings is 1. The van der Waals surface area contributed by atoms with Crippen molar-refractivity contribution in [1.29, 1.82) is 0 Å². The minimum Gasteiger partial charge on any atom is -0.465 e. The molecule has 0 saturated carbocycles. The largest absolute Gasteiger partial charge is 0.465 e. The van der Waals surface area contributed by atoms with Crippen LogP contribution in [0, 0.1) is 0 Å². The second-order valence-electron chi connectivity index (χ2n) is 6.60. The molecule has 6 nitrogen and oxygen atoms in total. The monoisotopic (exact) mass is 336 g/mol. The molecule has 3 atom stereocenters. The summed E-state index contributed by atoms with van der Waals surface area (Å²) in [6, 6.07) is 7.02. The van der Waals surface area contributed by atoms with Crippen molar-refractivity contribution in [3.63, 3.8) is 0 Å². The molecular formula is C18H24O6. The number of hydrogen-bond donors (Lipinski definition) is 0. The zero-order valence-corrected chi connectivity index (χ0v) is 14.3. The molecule has 2 saturated heterocycles. The van der Waals surface area contributed by atoms with E-state index in [0.717, 1.165) is 6.61 Å². The molecule has 24 heavy (non-hydrogen) atoms. The standard InChI is InChI=1S/C18H24O6/c1-12(20-8-15-9-21-15)24-14-6-4-13(5-7-14)17(19)18(2,3)23-11-16-10-22-16/h4-7,12,15-16H,8-11H2,1-3H3. The van der Waals surface area contributed by atoms with E-state index < -0.39 is 5.60 Å². The number of epoxide rings is 2. The normalized spacial score (nSPS) is 23.6. The van der Waals surface area contributed by atoms with Crippen LogP contribution in [0.4, 0.5) is 0 Å². The molecule has 1 aromatic carbocycles. The molecule has 0 radical (unpaired) electrons. The van der Waals surface area contributed by atoms with Crippen LogP contribution in [0.1, 0.15) is 31.1 Å². The molecule has 1 aromatic rings. The Morgan fingerprint density at radius 2 is 1.75 bits per heavy atom. The second-order valence-corrected chi connectivity index (χ2v) is 6.60. The maximum Gasteiger partial charge on any atom is 0.197 e. The van der Waals surface area contributed by atoms with Crippen molar-refractivity contribution >= 4 is 5.78 Å². The van der Waals surface area contributed by atoms with E-state index in [1.54, 1.807) is 38.1 Å². The molecule has 2 heterocycles. The number of rotatable bonds is 10. The molecule has 0 N–H and O–H groups in total. The van der Waals surface area contributed by atoms with Gasteiger partial charge in [-0.05, 0) is 45.0 Å². The van der Waals surface area contributed by atoms with E-state index in [0.29, 0.717) is 31.1 Å². The van der Waals surface area contributed by atoms with Gasteiger partial charge in [-0.25, -0.2) is 0 Å². The number of ketones is 1. The summed E-state index contributed by atoms with van der Waals surface area (Å²) in [6.07, 6.45) is -0.0243. The van der Waals surface area contributed by atoms with Crippen molar-refractivity contribution in [2.75, 3.05) is 26.4 Å². The first-order chi connectivity index (χ1) is 11.4. The Balaban J connectivity index is 1.51. The smallest absolute Gasteiger partial charge is 0.197 e. The highest BCUT2D eigenvalue weighted by Crippen LogP contribution is 2.22. The average Bonchev–Trinajstić information content (AvgIpc) is 3.46. The molecule has 132 valence electrons. The van der Waals surface area contributed by atoms with Crippen molar-refractivity contribution in [3.8, 4) is 5.75 Å². The predicted octanol–water partition coefficient (Wildman–Crippen LogP) is 2.20. The van der Waals surface area contributed by atoms with E-state index in [2.05, 4.69) is 0 Å². The summed E-state index contributed by atoms with van der Waals surface area (Å²) in [5.41, 5.74) is -0.293. The lowest BCUT2D eigenvalue weighted by molar-refractivity contribution is -0.0709. The zero-order valence-electron chi connectivity index (χ0n) is 14.3. The maximum atomic E-state index is 12.6. The van der Waals surface area contributed by atoms with Gasteiger partial charge in [-0.2, -0.15) is 0 Å². The SMILES string of the molecule is CC(OCC1CO1)Oc1ccc(C(=O)C(C)(C)OCC2CO2)cc1. The fourth-order valence-electron chi connectivity index (χ4n) is 2.20. The summed E-state index contributed by atoms with van der Waals surface area (Å²) >= 11 is 0. The number of Topliss-reactive ketones (excluding diaryl/α,β-unsaturated/α-hetero) is 1. The van der Waals surface area contributed by atoms with Crippen LogP contribution in [0.2, 0.25) is 0 Å². The van der Waals surface area contributed by atoms with Gasteiger partial charge in [0, 0.05) is 5.56 Å². The van der Waals surface area contributed by atoms with Gasteiger partial charge in [0.2, 0.25) is 0 Å². The van der Waals surface area contributed by atoms with Crippen LogP contribution in [0.25, 0.3) is 0 Å². The third-order valence-electron chi connectivity index (χ3n) is 3.92. The van der Waals surface area contributed by atoms with Gasteiger partial charge in [0.1, 0.15) is 23.6 Å². The van der Waals surface area contributed by atoms with E-state index in [9.17, 15) is 4.79 Å². The van der Waals surface area contributed by atoms with Gasteiger partial charge in [-0.15, -0.1) is 0 Å². The quantitative estimate of drug-likeness (QED) is 0.371. The molecule has 0 amide bonds. The number of hydrogen-bond acceptors (Lipinski definition) is 6. The van der Waals surface area contributed by atoms with Crippen LogP contribution < -0.4 is 4.74 Å². The molecule has 6 heteroatoms. The Morgan fingerprint density at radius 3 is 2.33 bits per heavy atom. The molecular weight excluding hydrogens is 312 g/mol. The van der Waals surface area contributed by atoms with Gasteiger partial charge in [0.05, 0.1) is 26.4 Å². The number of carbonyl (C=O) groups excluding carboxylic acids is 1. The molecule has 0 aromatic heterocycles. The van der Waals surface area contributed by atoms with Crippen molar-refractivity contribution in [3.05, 3.63) is 29.8 Å². The summed E-state index contributed by atoms with van der Waals surface area (Å²) in [6.45, 7) is 7.83. The van der Waals surface area contributed by atoms with Crippen molar-refractivity contribution in [2.45, 2.75) is 44.9 Å². The highest BCUT2D eigenvalue weighted by molar-refractivity contribution is 6.02. The first-order valence-corrected chi connectivity index (χ1v) is 8.24. The van der Waals surface area contributed by atoms with E-state index in [1.807, 2.05) is 6.92 Å². The minimum atomic E-state index is -0.880. The summed E-state index contributed by atoms with van der Waals surface area (Å²) in [4.78, 5) is 12.6. The van der Waals surface area contributed by atoms with Crippen LogP contribution in [-0.4, -0.2) is 56.3 Å². The molecule has 0 aliphatic carbocycles. The van der Waals surface area contributed by atoms with E-state index in [1.165, 1.54) is 0 Å². The molecule has 3 unspecified atom stereocenters. The van der Waals surface area contributed by atoms with E-state index in [4.69, 9.17) is 23.7 Å². The van der Waals surface area contributed by atoms with Gasteiger partial charge in [-0.1, -0.05) is 0 Å². The molecule has 2 aliphatic heterocycles. The van der Waals surface area contributed by atoms with E-state index in [-0.39, 0.29) is 24.3 Å². The fourth-order valence-corrected chi connectivity index (χ4v) is 2.20. The van der Waals surface area contributed by atoms with Gasteiger partial charge in [0.15, 0.2) is 12.1 Å². The lowest BCUT2D eigenvalue weighted by atomic mass is 9.96. The summed E-state index contributed by atoms with van der Waals surface area (Å²) in [7, 11) is 0. The third-order valence-corrected chi connectivity index (χ3v) is 3.92. The third kappa shape index (κ3) is 5.01. The van der Waals surface area contributed by atoms with Crippen LogP contribution in [0.15, 0.2) is 24.3 Å². The first-order valence-electron chi connectivity index (χ1n) is 8.24. The van der Waals surface area contributed by atoms with Gasteiger partial charge in [-0.3, -0.25) is 4.79 Å². The summed E-state index contributed by atoms with van der Waals surface area (Å²) < 4.78 is 27.1. The van der Waals surface area contributed by atoms with Crippen molar-refractivity contribution in [2.24, 2.45) is 0 Å². The van der Waals surface area contributed by atoms with Gasteiger partial charge in [0.25, 0.3) is 0 Å². The summed E-state index contributed by atoms with van der Waals surface area (Å²) in [5, 5.41) is 0. The lowest BCUT2D eigenvalue weighted by Gasteiger charge is -2.23. The number of ether oxygens (including phenoxy) is 5. The Kier molecular flexibility index (Phi) is 5.20. The van der Waals surface area contributed by atoms with Crippen molar-refractivity contribution in [1.82, 2.24) is 0 Å². The summed E-state index contributed by atoms with van der Waals surface area (Å²) in [5.74, 6) is 0.589. The molecule has 2 aliphatic rings. The van der Waals surface area contributed by atoms with Crippen LogP contribution in [0.3, 0.4) is 0 Å². The van der Waals surface area contributed by atoms with Crippen molar-refractivity contribution < 1.29 is 28.5 Å².